The topological polar surface area (TPSA) is 94.6 Å². The summed E-state index contributed by atoms with van der Waals surface area (Å²) >= 11 is 0. The predicted octanol–water partition coefficient (Wildman–Crippen LogP) is -0.293. The van der Waals surface area contributed by atoms with E-state index in [9.17, 15) is 14.7 Å². The Labute approximate surface area is 127 Å². The first kappa shape index (κ1) is 14.2. The van der Waals surface area contributed by atoms with Gasteiger partial charge in [0.2, 0.25) is 0 Å². The molecule has 22 heavy (non-hydrogen) atoms. The Bertz CT molecular complexity index is 570. The largest absolute Gasteiger partial charge is 0.457 e. The van der Waals surface area contributed by atoms with E-state index < -0.39 is 41.8 Å². The van der Waals surface area contributed by atoms with Gasteiger partial charge in [0.1, 0.15) is 18.3 Å². The molecule has 4 aliphatic rings. The maximum absolute atomic E-state index is 12.0. The number of hydrogen-bond donors (Lipinski definition) is 1. The smallest absolute Gasteiger partial charge is 0.336 e. The Hall–Kier alpha value is -1.44. The summed E-state index contributed by atoms with van der Waals surface area (Å²) in [7, 11) is 1.41. The number of aliphatic hydroxyl groups excluding tert-OH is 1. The van der Waals surface area contributed by atoms with E-state index in [1.807, 2.05) is 6.92 Å². The molecule has 7 heteroatoms. The van der Waals surface area contributed by atoms with E-state index in [1.165, 1.54) is 7.11 Å². The highest BCUT2D eigenvalue weighted by atomic mass is 16.7. The molecule has 0 aromatic heterocycles. The molecule has 0 unspecified atom stereocenters. The lowest BCUT2D eigenvalue weighted by Crippen LogP contribution is -2.41. The fraction of sp³-hybridized carbons (Fsp3) is 0.733. The van der Waals surface area contributed by atoms with Gasteiger partial charge in [-0.3, -0.25) is 0 Å². The minimum absolute atomic E-state index is 0.121. The summed E-state index contributed by atoms with van der Waals surface area (Å²) in [6.45, 7) is 1.90. The van der Waals surface area contributed by atoms with Crippen molar-refractivity contribution in [3.63, 3.8) is 0 Å². The van der Waals surface area contributed by atoms with E-state index >= 15 is 0 Å². The molecule has 3 heterocycles. The van der Waals surface area contributed by atoms with Crippen LogP contribution in [-0.2, 0) is 28.5 Å². The zero-order valence-electron chi connectivity index (χ0n) is 12.4. The molecule has 0 radical (unpaired) electrons. The summed E-state index contributed by atoms with van der Waals surface area (Å²) < 4.78 is 21.7. The molecular formula is C15H18O7. The summed E-state index contributed by atoms with van der Waals surface area (Å²) in [4.78, 5) is 23.9. The first-order valence-electron chi connectivity index (χ1n) is 7.44. The van der Waals surface area contributed by atoms with Crippen LogP contribution >= 0.6 is 0 Å². The number of carbonyl (C=O) groups excluding carboxylic acids is 2. The third-order valence-corrected chi connectivity index (χ3v) is 5.09. The fourth-order valence-corrected chi connectivity index (χ4v) is 3.93. The minimum atomic E-state index is -0.939. The van der Waals surface area contributed by atoms with Crippen molar-refractivity contribution in [2.75, 3.05) is 7.11 Å². The van der Waals surface area contributed by atoms with E-state index in [0.29, 0.717) is 12.0 Å². The second-order valence-electron chi connectivity index (χ2n) is 6.60. The molecule has 0 amide bonds. The summed E-state index contributed by atoms with van der Waals surface area (Å²) in [6, 6.07) is 0. The van der Waals surface area contributed by atoms with Crippen molar-refractivity contribution >= 4 is 11.9 Å². The third kappa shape index (κ3) is 1.92. The van der Waals surface area contributed by atoms with Crippen molar-refractivity contribution in [2.45, 2.75) is 55.9 Å². The fourth-order valence-electron chi connectivity index (χ4n) is 3.93. The van der Waals surface area contributed by atoms with Gasteiger partial charge in [-0.1, -0.05) is 0 Å². The van der Waals surface area contributed by atoms with Gasteiger partial charge >= 0.3 is 11.9 Å². The number of epoxide rings is 1. The van der Waals surface area contributed by atoms with E-state index in [4.69, 9.17) is 18.9 Å². The first-order chi connectivity index (χ1) is 10.4. The number of rotatable bonds is 1. The van der Waals surface area contributed by atoms with Gasteiger partial charge in [0.15, 0.2) is 6.10 Å². The standard InChI is InChI=1S/C15H18O7/c1-15-5-7-3-6(13(17)20-7)4-8(16)9-10(12(15)22-15)21-14(18)11(9)19-2/h3,7-12,16H,4-5H2,1-2H3/t7-,8-,9+,10-,11-,12-,15+/m0/s1. The average molecular weight is 310 g/mol. The normalized spacial score (nSPS) is 49.7. The van der Waals surface area contributed by atoms with Gasteiger partial charge in [0.05, 0.1) is 17.6 Å². The molecule has 0 aromatic carbocycles. The van der Waals surface area contributed by atoms with E-state index in [2.05, 4.69) is 0 Å². The number of esters is 2. The molecule has 1 aliphatic carbocycles. The quantitative estimate of drug-likeness (QED) is 0.525. The van der Waals surface area contributed by atoms with Gasteiger partial charge in [0.25, 0.3) is 0 Å². The molecule has 7 nitrogen and oxygen atoms in total. The van der Waals surface area contributed by atoms with Crippen LogP contribution in [0.25, 0.3) is 0 Å². The molecular weight excluding hydrogens is 292 g/mol. The van der Waals surface area contributed by atoms with Gasteiger partial charge in [-0.05, 0) is 13.0 Å². The van der Waals surface area contributed by atoms with Gasteiger partial charge in [-0.25, -0.2) is 9.59 Å². The summed E-state index contributed by atoms with van der Waals surface area (Å²) in [5.41, 5.74) is -0.0899. The molecule has 4 rings (SSSR count). The molecule has 0 saturated carbocycles. The Morgan fingerprint density at radius 3 is 2.86 bits per heavy atom. The van der Waals surface area contributed by atoms with Crippen LogP contribution in [0.3, 0.4) is 0 Å². The van der Waals surface area contributed by atoms with Gasteiger partial charge in [-0.15, -0.1) is 0 Å². The van der Waals surface area contributed by atoms with Crippen LogP contribution in [0, 0.1) is 5.92 Å². The van der Waals surface area contributed by atoms with Gasteiger partial charge in [-0.2, -0.15) is 0 Å². The molecule has 2 saturated heterocycles. The number of ether oxygens (including phenoxy) is 4. The van der Waals surface area contributed by atoms with Crippen molar-refractivity contribution < 1.29 is 33.6 Å². The zero-order chi connectivity index (χ0) is 15.6. The van der Waals surface area contributed by atoms with Gasteiger partial charge < -0.3 is 24.1 Å². The van der Waals surface area contributed by atoms with Crippen molar-refractivity contribution in [3.8, 4) is 0 Å². The van der Waals surface area contributed by atoms with Crippen LogP contribution in [0.2, 0.25) is 0 Å². The van der Waals surface area contributed by atoms with Crippen LogP contribution < -0.4 is 0 Å². The molecule has 0 spiro atoms. The highest BCUT2D eigenvalue weighted by Crippen LogP contribution is 2.50. The van der Waals surface area contributed by atoms with Crippen LogP contribution in [0.4, 0.5) is 0 Å². The second-order valence-corrected chi connectivity index (χ2v) is 6.60. The lowest BCUT2D eigenvalue weighted by molar-refractivity contribution is -0.149. The number of aliphatic hydroxyl groups is 1. The summed E-state index contributed by atoms with van der Waals surface area (Å²) in [5.74, 6) is -1.46. The number of fused-ring (bicyclic) bond motifs is 4. The summed E-state index contributed by atoms with van der Waals surface area (Å²) in [6.07, 6.45) is -0.632. The molecule has 0 aromatic rings. The number of carbonyl (C=O) groups is 2. The maximum Gasteiger partial charge on any atom is 0.336 e. The maximum atomic E-state index is 12.0. The van der Waals surface area contributed by atoms with E-state index in [0.717, 1.165) is 0 Å². The van der Waals surface area contributed by atoms with Crippen LogP contribution in [0.5, 0.6) is 0 Å². The third-order valence-electron chi connectivity index (χ3n) is 5.09. The molecule has 2 bridgehead atoms. The lowest BCUT2D eigenvalue weighted by Gasteiger charge is -2.25. The van der Waals surface area contributed by atoms with E-state index in [1.54, 1.807) is 6.08 Å². The first-order valence-corrected chi connectivity index (χ1v) is 7.44. The van der Waals surface area contributed by atoms with Crippen LogP contribution in [-0.4, -0.2) is 60.3 Å². The molecule has 2 fully saturated rings. The number of hydrogen-bond acceptors (Lipinski definition) is 7. The molecule has 1 N–H and O–H groups in total. The van der Waals surface area contributed by atoms with E-state index in [-0.39, 0.29) is 18.6 Å². The highest BCUT2D eigenvalue weighted by molar-refractivity contribution is 5.91. The highest BCUT2D eigenvalue weighted by Gasteiger charge is 2.66. The molecule has 120 valence electrons. The zero-order valence-corrected chi connectivity index (χ0v) is 12.4. The van der Waals surface area contributed by atoms with Crippen molar-refractivity contribution in [1.29, 1.82) is 0 Å². The second kappa shape index (κ2) is 4.53. The predicted molar refractivity (Wildman–Crippen MR) is 70.6 cm³/mol. The van der Waals surface area contributed by atoms with Crippen LogP contribution in [0.15, 0.2) is 11.6 Å². The molecule has 3 aliphatic heterocycles. The van der Waals surface area contributed by atoms with Crippen LogP contribution in [0.1, 0.15) is 19.8 Å². The van der Waals surface area contributed by atoms with Gasteiger partial charge in [0, 0.05) is 25.5 Å². The Kier molecular flexibility index (Phi) is 2.92. The Balaban J connectivity index is 1.71. The molecule has 7 atom stereocenters. The lowest BCUT2D eigenvalue weighted by atomic mass is 9.82. The minimum Gasteiger partial charge on any atom is -0.457 e. The monoisotopic (exact) mass is 310 g/mol. The SMILES string of the molecule is CO[C@@H]1C(=O)O[C@H]2[C@H]1[C@@H](O)CC1=C[C@@H](C[C@@]3(C)O[C@@H]23)OC1=O. The van der Waals surface area contributed by atoms with Crippen molar-refractivity contribution in [2.24, 2.45) is 5.92 Å². The number of methoxy groups -OCH3 is 1. The van der Waals surface area contributed by atoms with Crippen molar-refractivity contribution in [1.82, 2.24) is 0 Å². The van der Waals surface area contributed by atoms with Crippen molar-refractivity contribution in [3.05, 3.63) is 11.6 Å². The average Bonchev–Trinajstić information content (AvgIpc) is 2.81. The Morgan fingerprint density at radius 1 is 1.36 bits per heavy atom. The Morgan fingerprint density at radius 2 is 2.14 bits per heavy atom. The summed E-state index contributed by atoms with van der Waals surface area (Å²) in [5, 5.41) is 10.6.